The van der Waals surface area contributed by atoms with Crippen LogP contribution in [0.1, 0.15) is 38.5 Å². The molecule has 0 unspecified atom stereocenters. The Balaban J connectivity index is 1.40. The number of anilines is 1. The number of amides is 1. The van der Waals surface area contributed by atoms with Gasteiger partial charge in [0.15, 0.2) is 0 Å². The average Bonchev–Trinajstić information content (AvgIpc) is 2.74. The van der Waals surface area contributed by atoms with Crippen LogP contribution in [0.2, 0.25) is 0 Å². The molecule has 3 rings (SSSR count). The molecule has 29 heavy (non-hydrogen) atoms. The lowest BCUT2D eigenvalue weighted by Crippen LogP contribution is -2.50. The monoisotopic (exact) mass is 423 g/mol. The van der Waals surface area contributed by atoms with Crippen LogP contribution in [0.5, 0.6) is 5.75 Å². The molecule has 2 aliphatic rings. The molecular formula is C21H33N3O4S. The SMILES string of the molecule is COc1ccc(N2CCN(S(=O)(=O)CCNC(=O)CC3CCCCC3)CC2)cc1. The van der Waals surface area contributed by atoms with Crippen LogP contribution in [-0.4, -0.2) is 64.2 Å². The number of carbonyl (C=O) groups excluding carboxylic acids is 1. The van der Waals surface area contributed by atoms with Gasteiger partial charge in [0.25, 0.3) is 0 Å². The maximum atomic E-state index is 12.6. The molecule has 7 nitrogen and oxygen atoms in total. The summed E-state index contributed by atoms with van der Waals surface area (Å²) >= 11 is 0. The van der Waals surface area contributed by atoms with E-state index in [1.54, 1.807) is 11.4 Å². The van der Waals surface area contributed by atoms with E-state index in [1.165, 1.54) is 19.3 Å². The van der Waals surface area contributed by atoms with Gasteiger partial charge in [-0.05, 0) is 43.0 Å². The number of nitrogens with one attached hydrogen (secondary N) is 1. The zero-order valence-electron chi connectivity index (χ0n) is 17.3. The molecule has 2 fully saturated rings. The van der Waals surface area contributed by atoms with Crippen molar-refractivity contribution in [1.82, 2.24) is 9.62 Å². The van der Waals surface area contributed by atoms with Gasteiger partial charge >= 0.3 is 0 Å². The highest BCUT2D eigenvalue weighted by Gasteiger charge is 2.27. The van der Waals surface area contributed by atoms with E-state index in [4.69, 9.17) is 4.74 Å². The number of piperazine rings is 1. The zero-order valence-corrected chi connectivity index (χ0v) is 18.1. The predicted molar refractivity (Wildman–Crippen MR) is 115 cm³/mol. The molecule has 1 saturated heterocycles. The summed E-state index contributed by atoms with van der Waals surface area (Å²) in [6, 6.07) is 7.80. The summed E-state index contributed by atoms with van der Waals surface area (Å²) in [5, 5.41) is 2.80. The number of rotatable bonds is 8. The molecule has 1 N–H and O–H groups in total. The van der Waals surface area contributed by atoms with E-state index in [1.807, 2.05) is 24.3 Å². The molecule has 1 heterocycles. The molecular weight excluding hydrogens is 390 g/mol. The summed E-state index contributed by atoms with van der Waals surface area (Å²) in [4.78, 5) is 14.3. The zero-order chi connectivity index (χ0) is 20.7. The Labute approximate surface area is 174 Å². The first-order valence-electron chi connectivity index (χ1n) is 10.6. The van der Waals surface area contributed by atoms with Gasteiger partial charge in [0, 0.05) is 44.8 Å². The second-order valence-corrected chi connectivity index (χ2v) is 10.0. The first-order valence-corrected chi connectivity index (χ1v) is 12.2. The van der Waals surface area contributed by atoms with Gasteiger partial charge in [-0.3, -0.25) is 4.79 Å². The molecule has 1 saturated carbocycles. The van der Waals surface area contributed by atoms with Crippen LogP contribution >= 0.6 is 0 Å². The Morgan fingerprint density at radius 1 is 1.07 bits per heavy atom. The molecule has 1 aliphatic heterocycles. The molecule has 0 radical (unpaired) electrons. The summed E-state index contributed by atoms with van der Waals surface area (Å²) in [6.07, 6.45) is 6.43. The van der Waals surface area contributed by atoms with Gasteiger partial charge in [-0.15, -0.1) is 0 Å². The summed E-state index contributed by atoms with van der Waals surface area (Å²) in [5.41, 5.74) is 1.07. The van der Waals surface area contributed by atoms with Crippen molar-refractivity contribution < 1.29 is 17.9 Å². The van der Waals surface area contributed by atoms with Gasteiger partial charge < -0.3 is 15.0 Å². The second kappa shape index (κ2) is 10.3. The highest BCUT2D eigenvalue weighted by molar-refractivity contribution is 7.89. The molecule has 1 amide bonds. The maximum Gasteiger partial charge on any atom is 0.220 e. The van der Waals surface area contributed by atoms with Crippen LogP contribution in [0.3, 0.4) is 0 Å². The van der Waals surface area contributed by atoms with E-state index >= 15 is 0 Å². The molecule has 0 bridgehead atoms. The van der Waals surface area contributed by atoms with E-state index < -0.39 is 10.0 Å². The Kier molecular flexibility index (Phi) is 7.77. The number of hydrogen-bond donors (Lipinski definition) is 1. The summed E-state index contributed by atoms with van der Waals surface area (Å²) in [7, 11) is -1.72. The Morgan fingerprint density at radius 3 is 2.34 bits per heavy atom. The summed E-state index contributed by atoms with van der Waals surface area (Å²) in [6.45, 7) is 2.42. The average molecular weight is 424 g/mol. The van der Waals surface area contributed by atoms with Crippen molar-refractivity contribution in [2.75, 3.05) is 50.5 Å². The van der Waals surface area contributed by atoms with E-state index in [0.29, 0.717) is 38.5 Å². The Hall–Kier alpha value is -1.80. The Bertz CT molecular complexity index is 753. The van der Waals surface area contributed by atoms with Crippen molar-refractivity contribution >= 4 is 21.6 Å². The number of carbonyl (C=O) groups is 1. The topological polar surface area (TPSA) is 79.0 Å². The maximum absolute atomic E-state index is 12.6. The van der Waals surface area contributed by atoms with Gasteiger partial charge in [0.2, 0.25) is 15.9 Å². The third-order valence-corrected chi connectivity index (χ3v) is 7.82. The minimum atomic E-state index is -3.36. The standard InChI is InChI=1S/C21H33N3O4S/c1-28-20-9-7-19(8-10-20)23-12-14-24(15-13-23)29(26,27)16-11-22-21(25)17-18-5-3-2-4-6-18/h7-10,18H,2-6,11-17H2,1H3,(H,22,25). The number of sulfonamides is 1. The minimum absolute atomic E-state index is 0.0172. The van der Waals surface area contributed by atoms with E-state index in [2.05, 4.69) is 10.2 Å². The van der Waals surface area contributed by atoms with E-state index in [9.17, 15) is 13.2 Å². The van der Waals surface area contributed by atoms with Crippen molar-refractivity contribution in [2.24, 2.45) is 5.92 Å². The van der Waals surface area contributed by atoms with Crippen LogP contribution in [0.15, 0.2) is 24.3 Å². The molecule has 1 aliphatic carbocycles. The van der Waals surface area contributed by atoms with E-state index in [-0.39, 0.29) is 18.2 Å². The van der Waals surface area contributed by atoms with Gasteiger partial charge in [0.1, 0.15) is 5.75 Å². The van der Waals surface area contributed by atoms with Crippen LogP contribution in [-0.2, 0) is 14.8 Å². The smallest absolute Gasteiger partial charge is 0.220 e. The minimum Gasteiger partial charge on any atom is -0.497 e. The lowest BCUT2D eigenvalue weighted by atomic mass is 9.87. The number of ether oxygens (including phenoxy) is 1. The van der Waals surface area contributed by atoms with Crippen molar-refractivity contribution in [3.8, 4) is 5.75 Å². The number of nitrogens with zero attached hydrogens (tertiary/aromatic N) is 2. The molecule has 162 valence electrons. The molecule has 1 aromatic rings. The molecule has 0 atom stereocenters. The molecule has 0 aromatic heterocycles. The fourth-order valence-electron chi connectivity index (χ4n) is 4.19. The van der Waals surface area contributed by atoms with Gasteiger partial charge in [-0.25, -0.2) is 8.42 Å². The third-order valence-electron chi connectivity index (χ3n) is 5.95. The van der Waals surface area contributed by atoms with Crippen LogP contribution in [0.4, 0.5) is 5.69 Å². The lowest BCUT2D eigenvalue weighted by Gasteiger charge is -2.35. The molecule has 1 aromatic carbocycles. The Morgan fingerprint density at radius 2 is 1.72 bits per heavy atom. The van der Waals surface area contributed by atoms with E-state index in [0.717, 1.165) is 24.3 Å². The van der Waals surface area contributed by atoms with Gasteiger partial charge in [-0.1, -0.05) is 19.3 Å². The number of benzene rings is 1. The fraction of sp³-hybridized carbons (Fsp3) is 0.667. The normalized spacial score (nSPS) is 19.1. The van der Waals surface area contributed by atoms with Crippen LogP contribution in [0.25, 0.3) is 0 Å². The number of hydrogen-bond acceptors (Lipinski definition) is 5. The van der Waals surface area contributed by atoms with Gasteiger partial charge in [0.05, 0.1) is 12.9 Å². The second-order valence-electron chi connectivity index (χ2n) is 7.96. The fourth-order valence-corrected chi connectivity index (χ4v) is 5.53. The largest absolute Gasteiger partial charge is 0.497 e. The molecule has 8 heteroatoms. The lowest BCUT2D eigenvalue weighted by molar-refractivity contribution is -0.122. The van der Waals surface area contributed by atoms with Crippen LogP contribution in [0, 0.1) is 5.92 Å². The van der Waals surface area contributed by atoms with Crippen molar-refractivity contribution in [3.63, 3.8) is 0 Å². The quantitative estimate of drug-likeness (QED) is 0.694. The summed E-state index contributed by atoms with van der Waals surface area (Å²) in [5.74, 6) is 1.22. The highest BCUT2D eigenvalue weighted by atomic mass is 32.2. The van der Waals surface area contributed by atoms with Gasteiger partial charge in [-0.2, -0.15) is 4.31 Å². The number of methoxy groups -OCH3 is 1. The third kappa shape index (κ3) is 6.34. The van der Waals surface area contributed by atoms with Crippen molar-refractivity contribution in [3.05, 3.63) is 24.3 Å². The first-order chi connectivity index (χ1) is 14.0. The first kappa shape index (κ1) is 21.9. The molecule has 0 spiro atoms. The van der Waals surface area contributed by atoms with Crippen molar-refractivity contribution in [1.29, 1.82) is 0 Å². The van der Waals surface area contributed by atoms with Crippen molar-refractivity contribution in [2.45, 2.75) is 38.5 Å². The summed E-state index contributed by atoms with van der Waals surface area (Å²) < 4.78 is 32.0. The predicted octanol–water partition coefficient (Wildman–Crippen LogP) is 2.23. The van der Waals surface area contributed by atoms with Crippen LogP contribution < -0.4 is 15.0 Å². The highest BCUT2D eigenvalue weighted by Crippen LogP contribution is 2.26.